The van der Waals surface area contributed by atoms with Crippen molar-refractivity contribution >= 4 is 28.9 Å². The van der Waals surface area contributed by atoms with E-state index in [2.05, 4.69) is 36.9 Å². The van der Waals surface area contributed by atoms with E-state index in [-0.39, 0.29) is 6.61 Å². The molecule has 0 spiro atoms. The summed E-state index contributed by atoms with van der Waals surface area (Å²) in [7, 11) is 0. The van der Waals surface area contributed by atoms with E-state index >= 15 is 0 Å². The summed E-state index contributed by atoms with van der Waals surface area (Å²) in [4.78, 5) is 3.84. The van der Waals surface area contributed by atoms with Crippen LogP contribution >= 0.6 is 23.2 Å². The van der Waals surface area contributed by atoms with Crippen LogP contribution in [0.25, 0.3) is 0 Å². The maximum atomic E-state index is 10.4. The van der Waals surface area contributed by atoms with Gasteiger partial charge in [-0.05, 0) is 43.2 Å². The molecule has 2 aromatic rings. The van der Waals surface area contributed by atoms with Crippen LogP contribution in [0.2, 0.25) is 10.0 Å². The highest BCUT2D eigenvalue weighted by atomic mass is 35.5. The van der Waals surface area contributed by atoms with Gasteiger partial charge in [0, 0.05) is 16.8 Å². The molecule has 2 N–H and O–H groups in total. The minimum Gasteiger partial charge on any atom is -0.489 e. The van der Waals surface area contributed by atoms with Crippen molar-refractivity contribution in [3.63, 3.8) is 0 Å². The van der Waals surface area contributed by atoms with E-state index in [1.165, 1.54) is 21.7 Å². The Morgan fingerprint density at radius 3 is 2.63 bits per heavy atom. The molecule has 1 fully saturated rings. The van der Waals surface area contributed by atoms with Crippen LogP contribution in [0, 0.1) is 13.8 Å². The molecule has 0 bridgehead atoms. The maximum Gasteiger partial charge on any atom is 0.139 e. The molecule has 0 radical (unpaired) electrons. The third-order valence-electron chi connectivity index (χ3n) is 5.24. The van der Waals surface area contributed by atoms with Gasteiger partial charge in [0.25, 0.3) is 0 Å². The number of hydrogen-bond acceptors (Lipinski definition) is 3. The zero-order chi connectivity index (χ0) is 19.4. The number of hydrogen-bond donors (Lipinski definition) is 2. The summed E-state index contributed by atoms with van der Waals surface area (Å²) in [5, 5.41) is 11.4. The van der Waals surface area contributed by atoms with Crippen molar-refractivity contribution in [2.24, 2.45) is 0 Å². The van der Waals surface area contributed by atoms with Crippen LogP contribution < -0.4 is 14.5 Å². The van der Waals surface area contributed by atoms with Gasteiger partial charge in [-0.1, -0.05) is 35.3 Å². The van der Waals surface area contributed by atoms with Crippen molar-refractivity contribution < 1.29 is 14.7 Å². The molecular weight excluding hydrogens is 383 g/mol. The fraction of sp³-hybridized carbons (Fsp3) is 0.429. The van der Waals surface area contributed by atoms with Crippen molar-refractivity contribution in [3.8, 4) is 5.75 Å². The molecule has 27 heavy (non-hydrogen) atoms. The molecule has 3 rings (SSSR count). The molecule has 1 atom stereocenters. The van der Waals surface area contributed by atoms with E-state index in [0.29, 0.717) is 22.3 Å². The van der Waals surface area contributed by atoms with E-state index in [1.807, 2.05) is 0 Å². The number of piperazine rings is 1. The zero-order valence-electron chi connectivity index (χ0n) is 15.8. The Morgan fingerprint density at radius 1 is 1.15 bits per heavy atom. The minimum atomic E-state index is -0.540. The van der Waals surface area contributed by atoms with Gasteiger partial charge >= 0.3 is 0 Å². The minimum absolute atomic E-state index is 0.213. The molecule has 0 aromatic heterocycles. The Hall–Kier alpha value is -1.46. The summed E-state index contributed by atoms with van der Waals surface area (Å²) in [6.45, 7) is 9.21. The van der Waals surface area contributed by atoms with E-state index in [4.69, 9.17) is 27.9 Å². The van der Waals surface area contributed by atoms with Crippen molar-refractivity contribution in [3.05, 3.63) is 57.6 Å². The third-order valence-corrected chi connectivity index (χ3v) is 5.78. The predicted octanol–water partition coefficient (Wildman–Crippen LogP) is 2.76. The monoisotopic (exact) mass is 409 g/mol. The summed E-state index contributed by atoms with van der Waals surface area (Å²) in [5.41, 5.74) is 4.01. The molecule has 0 aliphatic carbocycles. The number of nitrogens with zero attached hydrogens (tertiary/aromatic N) is 1. The lowest BCUT2D eigenvalue weighted by molar-refractivity contribution is -0.903. The topological polar surface area (TPSA) is 37.1 Å². The van der Waals surface area contributed by atoms with Crippen molar-refractivity contribution in [2.45, 2.75) is 20.0 Å². The van der Waals surface area contributed by atoms with Gasteiger partial charge in [0.2, 0.25) is 0 Å². The fourth-order valence-electron chi connectivity index (χ4n) is 3.51. The predicted molar refractivity (Wildman–Crippen MR) is 112 cm³/mol. The van der Waals surface area contributed by atoms with Crippen molar-refractivity contribution in [2.75, 3.05) is 44.2 Å². The summed E-state index contributed by atoms with van der Waals surface area (Å²) in [5.74, 6) is 0.512. The molecular formula is C21H27Cl2N2O2+. The molecule has 1 heterocycles. The molecule has 0 saturated carbocycles. The zero-order valence-corrected chi connectivity index (χ0v) is 17.4. The maximum absolute atomic E-state index is 10.4. The number of quaternary nitrogens is 1. The number of anilines is 1. The van der Waals surface area contributed by atoms with Crippen molar-refractivity contribution in [1.29, 1.82) is 0 Å². The Labute approximate surface area is 171 Å². The summed E-state index contributed by atoms with van der Waals surface area (Å²) >= 11 is 12.1. The van der Waals surface area contributed by atoms with Gasteiger partial charge in [-0.2, -0.15) is 0 Å². The first-order chi connectivity index (χ1) is 12.9. The van der Waals surface area contributed by atoms with Crippen LogP contribution in [-0.4, -0.2) is 50.5 Å². The highest BCUT2D eigenvalue weighted by Crippen LogP contribution is 2.27. The molecule has 1 aliphatic rings. The quantitative estimate of drug-likeness (QED) is 0.769. The number of rotatable bonds is 6. The number of aliphatic hydroxyl groups is 1. The largest absolute Gasteiger partial charge is 0.489 e. The first-order valence-corrected chi connectivity index (χ1v) is 10.1. The summed E-state index contributed by atoms with van der Waals surface area (Å²) in [6.07, 6.45) is -0.540. The number of aliphatic hydroxyl groups excluding tert-OH is 1. The number of nitrogens with one attached hydrogen (secondary N) is 1. The van der Waals surface area contributed by atoms with E-state index in [0.717, 1.165) is 26.2 Å². The number of aryl methyl sites for hydroxylation is 1. The highest BCUT2D eigenvalue weighted by molar-refractivity contribution is 6.34. The number of benzene rings is 2. The Morgan fingerprint density at radius 2 is 1.89 bits per heavy atom. The molecule has 1 saturated heterocycles. The van der Waals surface area contributed by atoms with Crippen LogP contribution in [0.1, 0.15) is 11.1 Å². The van der Waals surface area contributed by atoms with Crippen LogP contribution in [-0.2, 0) is 0 Å². The molecule has 1 aliphatic heterocycles. The molecule has 2 aromatic carbocycles. The van der Waals surface area contributed by atoms with E-state index < -0.39 is 6.10 Å². The van der Waals surface area contributed by atoms with Gasteiger partial charge in [0.15, 0.2) is 0 Å². The molecule has 0 unspecified atom stereocenters. The second-order valence-corrected chi connectivity index (χ2v) is 8.04. The summed E-state index contributed by atoms with van der Waals surface area (Å²) in [6, 6.07) is 11.6. The Kier molecular flexibility index (Phi) is 6.88. The van der Waals surface area contributed by atoms with Gasteiger partial charge in [0.1, 0.15) is 25.0 Å². The second-order valence-electron chi connectivity index (χ2n) is 7.20. The molecule has 0 amide bonds. The SMILES string of the molecule is Cc1cccc(N2CC[NH+](C[C@H](O)COc3cc(Cl)ccc3Cl)CC2)c1C. The first kappa shape index (κ1) is 20.3. The van der Waals surface area contributed by atoms with Crippen LogP contribution in [0.15, 0.2) is 36.4 Å². The lowest BCUT2D eigenvalue weighted by Crippen LogP contribution is -3.16. The van der Waals surface area contributed by atoms with Crippen LogP contribution in [0.5, 0.6) is 5.75 Å². The number of halogens is 2. The van der Waals surface area contributed by atoms with E-state index in [1.54, 1.807) is 18.2 Å². The lowest BCUT2D eigenvalue weighted by atomic mass is 10.1. The standard InChI is InChI=1S/C21H26Cl2N2O2/c1-15-4-3-5-20(16(15)2)25-10-8-24(9-11-25)13-18(26)14-27-21-12-17(22)6-7-19(21)23/h3-7,12,18,26H,8-11,13-14H2,1-2H3/p+1/t18-/m0/s1. The van der Waals surface area contributed by atoms with Crippen molar-refractivity contribution in [1.82, 2.24) is 0 Å². The van der Waals surface area contributed by atoms with Crippen LogP contribution in [0.3, 0.4) is 0 Å². The third kappa shape index (κ3) is 5.29. The molecule has 6 heteroatoms. The normalized spacial score (nSPS) is 16.4. The average Bonchev–Trinajstić information content (AvgIpc) is 2.65. The van der Waals surface area contributed by atoms with E-state index in [9.17, 15) is 5.11 Å². The first-order valence-electron chi connectivity index (χ1n) is 9.34. The lowest BCUT2D eigenvalue weighted by Gasteiger charge is -2.35. The Bertz CT molecular complexity index is 777. The number of ether oxygens (including phenoxy) is 1. The Balaban J connectivity index is 1.47. The van der Waals surface area contributed by atoms with Gasteiger partial charge < -0.3 is 19.6 Å². The van der Waals surface area contributed by atoms with Gasteiger partial charge in [0.05, 0.1) is 31.2 Å². The molecule has 4 nitrogen and oxygen atoms in total. The van der Waals surface area contributed by atoms with Gasteiger partial charge in [-0.25, -0.2) is 0 Å². The smallest absolute Gasteiger partial charge is 0.139 e. The second kappa shape index (κ2) is 9.16. The molecule has 146 valence electrons. The fourth-order valence-corrected chi connectivity index (χ4v) is 3.85. The average molecular weight is 410 g/mol. The van der Waals surface area contributed by atoms with Gasteiger partial charge in [-0.15, -0.1) is 0 Å². The summed E-state index contributed by atoms with van der Waals surface area (Å²) < 4.78 is 5.65. The highest BCUT2D eigenvalue weighted by Gasteiger charge is 2.24. The van der Waals surface area contributed by atoms with Crippen LogP contribution in [0.4, 0.5) is 5.69 Å². The van der Waals surface area contributed by atoms with Gasteiger partial charge in [-0.3, -0.25) is 0 Å².